The van der Waals surface area contributed by atoms with Crippen LogP contribution in [0.5, 0.6) is 0 Å². The Hall–Kier alpha value is -3.76. The van der Waals surface area contributed by atoms with Crippen molar-refractivity contribution in [2.24, 2.45) is 0 Å². The minimum absolute atomic E-state index is 0.00859. The van der Waals surface area contributed by atoms with Crippen molar-refractivity contribution in [3.05, 3.63) is 71.8 Å². The molecular weight excluding hydrogens is 470 g/mol. The van der Waals surface area contributed by atoms with E-state index in [-0.39, 0.29) is 18.0 Å². The number of hydrogen-bond acceptors (Lipinski definition) is 6. The summed E-state index contributed by atoms with van der Waals surface area (Å²) in [7, 11) is -3.97. The van der Waals surface area contributed by atoms with Crippen LogP contribution in [0.4, 0.5) is 10.5 Å². The second kappa shape index (κ2) is 9.12. The predicted molar refractivity (Wildman–Crippen MR) is 131 cm³/mol. The summed E-state index contributed by atoms with van der Waals surface area (Å²) in [6.45, 7) is 5.15. The minimum Gasteiger partial charge on any atom is -0.444 e. The molecule has 0 fully saturated rings. The number of ether oxygens (including phenoxy) is 1. The summed E-state index contributed by atoms with van der Waals surface area (Å²) < 4.78 is 33.7. The molecule has 9 nitrogen and oxygen atoms in total. The number of benzene rings is 3. The van der Waals surface area contributed by atoms with E-state index in [1.807, 2.05) is 0 Å². The largest absolute Gasteiger partial charge is 0.444 e. The Morgan fingerprint density at radius 1 is 0.857 bits per heavy atom. The van der Waals surface area contributed by atoms with Gasteiger partial charge in [0.1, 0.15) is 5.60 Å². The zero-order valence-electron chi connectivity index (χ0n) is 19.5. The lowest BCUT2D eigenvalue weighted by atomic mass is 10.1. The van der Waals surface area contributed by atoms with Gasteiger partial charge in [-0.2, -0.15) is 0 Å². The molecule has 4 rings (SSSR count). The molecule has 182 valence electrons. The highest BCUT2D eigenvalue weighted by molar-refractivity contribution is 7.89. The van der Waals surface area contributed by atoms with Crippen LogP contribution < -0.4 is 14.9 Å². The first-order valence-electron chi connectivity index (χ1n) is 11.0. The van der Waals surface area contributed by atoms with Gasteiger partial charge in [-0.1, -0.05) is 36.4 Å². The number of nitrogens with zero attached hydrogens (tertiary/aromatic N) is 1. The molecule has 3 aromatic carbocycles. The molecule has 0 aliphatic carbocycles. The van der Waals surface area contributed by atoms with Gasteiger partial charge in [-0.3, -0.25) is 9.59 Å². The maximum absolute atomic E-state index is 13.1. The summed E-state index contributed by atoms with van der Waals surface area (Å²) in [4.78, 5) is 38.8. The van der Waals surface area contributed by atoms with Crippen LogP contribution in [0.1, 0.15) is 41.5 Å². The zero-order chi connectivity index (χ0) is 25.4. The Labute approximate surface area is 203 Å². The van der Waals surface area contributed by atoms with Gasteiger partial charge >= 0.3 is 6.09 Å². The van der Waals surface area contributed by atoms with Crippen molar-refractivity contribution in [1.82, 2.24) is 10.0 Å². The van der Waals surface area contributed by atoms with Crippen molar-refractivity contribution in [2.45, 2.75) is 31.3 Å². The lowest BCUT2D eigenvalue weighted by molar-refractivity contribution is 0.0528. The van der Waals surface area contributed by atoms with E-state index in [9.17, 15) is 22.8 Å². The number of rotatable bonds is 6. The van der Waals surface area contributed by atoms with E-state index in [1.165, 1.54) is 6.07 Å². The van der Waals surface area contributed by atoms with Gasteiger partial charge in [-0.25, -0.2) is 22.8 Å². The van der Waals surface area contributed by atoms with E-state index in [4.69, 9.17) is 4.74 Å². The number of nitrogens with one attached hydrogen (secondary N) is 2. The van der Waals surface area contributed by atoms with Gasteiger partial charge in [-0.05, 0) is 45.0 Å². The van der Waals surface area contributed by atoms with Crippen LogP contribution in [0, 0.1) is 0 Å². The number of carbonyl (C=O) groups excluding carboxylic acids is 3. The van der Waals surface area contributed by atoms with E-state index >= 15 is 0 Å². The van der Waals surface area contributed by atoms with Crippen LogP contribution in [-0.2, 0) is 14.8 Å². The lowest BCUT2D eigenvalue weighted by Gasteiger charge is -2.20. The first-order valence-corrected chi connectivity index (χ1v) is 12.4. The first kappa shape index (κ1) is 24.4. The van der Waals surface area contributed by atoms with Crippen molar-refractivity contribution in [3.63, 3.8) is 0 Å². The van der Waals surface area contributed by atoms with Crippen molar-refractivity contribution in [1.29, 1.82) is 0 Å². The molecule has 0 aromatic heterocycles. The third kappa shape index (κ3) is 4.89. The summed E-state index contributed by atoms with van der Waals surface area (Å²) in [6.07, 6.45) is -0.646. The molecule has 0 unspecified atom stereocenters. The molecule has 0 atom stereocenters. The molecule has 1 heterocycles. The van der Waals surface area contributed by atoms with Gasteiger partial charge in [0.15, 0.2) is 0 Å². The third-order valence-corrected chi connectivity index (χ3v) is 6.79. The smallest absolute Gasteiger partial charge is 0.407 e. The number of fused-ring (bicyclic) bond motifs is 2. The Morgan fingerprint density at radius 2 is 1.46 bits per heavy atom. The van der Waals surface area contributed by atoms with Gasteiger partial charge < -0.3 is 10.1 Å². The Balaban J connectivity index is 1.58. The number of anilines is 1. The van der Waals surface area contributed by atoms with Crippen LogP contribution in [0.3, 0.4) is 0 Å². The number of alkyl carbamates (subject to hydrolysis) is 1. The highest BCUT2D eigenvalue weighted by Crippen LogP contribution is 2.35. The second-order valence-corrected chi connectivity index (χ2v) is 10.7. The molecule has 0 saturated carbocycles. The Bertz CT molecular complexity index is 1410. The van der Waals surface area contributed by atoms with Gasteiger partial charge in [0.25, 0.3) is 11.8 Å². The predicted octanol–water partition coefficient (Wildman–Crippen LogP) is 3.44. The van der Waals surface area contributed by atoms with Gasteiger partial charge in [0.05, 0.1) is 21.7 Å². The summed E-state index contributed by atoms with van der Waals surface area (Å²) in [5.74, 6) is -0.921. The molecule has 3 aromatic rings. The fourth-order valence-electron chi connectivity index (χ4n) is 3.84. The zero-order valence-corrected chi connectivity index (χ0v) is 20.3. The van der Waals surface area contributed by atoms with Crippen LogP contribution in [-0.4, -0.2) is 45.0 Å². The summed E-state index contributed by atoms with van der Waals surface area (Å²) in [5.41, 5.74) is 0.246. The van der Waals surface area contributed by atoms with E-state index in [0.29, 0.717) is 27.6 Å². The highest BCUT2D eigenvalue weighted by Gasteiger charge is 2.37. The highest BCUT2D eigenvalue weighted by atomic mass is 32.2. The van der Waals surface area contributed by atoms with Crippen molar-refractivity contribution < 1.29 is 27.5 Å². The monoisotopic (exact) mass is 495 g/mol. The number of imide groups is 1. The lowest BCUT2D eigenvalue weighted by Crippen LogP contribution is -2.37. The van der Waals surface area contributed by atoms with E-state index in [2.05, 4.69) is 10.0 Å². The molecule has 1 aliphatic rings. The summed E-state index contributed by atoms with van der Waals surface area (Å²) in [6, 6.07) is 16.0. The summed E-state index contributed by atoms with van der Waals surface area (Å²) >= 11 is 0. The van der Waals surface area contributed by atoms with E-state index < -0.39 is 33.5 Å². The number of amides is 3. The normalized spacial score (nSPS) is 13.7. The fraction of sp³-hybridized carbons (Fsp3) is 0.240. The number of hydrogen-bond donors (Lipinski definition) is 2. The minimum atomic E-state index is -3.97. The maximum atomic E-state index is 13.1. The van der Waals surface area contributed by atoms with Gasteiger partial charge in [0.2, 0.25) is 10.0 Å². The van der Waals surface area contributed by atoms with Crippen molar-refractivity contribution in [3.8, 4) is 0 Å². The third-order valence-electron chi connectivity index (χ3n) is 5.27. The number of sulfonamides is 1. The Morgan fingerprint density at radius 3 is 2.09 bits per heavy atom. The molecule has 10 heteroatoms. The van der Waals surface area contributed by atoms with Crippen LogP contribution in [0.2, 0.25) is 0 Å². The van der Waals surface area contributed by atoms with E-state index in [1.54, 1.807) is 75.4 Å². The molecule has 0 bridgehead atoms. The topological polar surface area (TPSA) is 122 Å². The fourth-order valence-corrected chi connectivity index (χ4v) is 5.10. The van der Waals surface area contributed by atoms with Crippen LogP contribution >= 0.6 is 0 Å². The molecule has 35 heavy (non-hydrogen) atoms. The maximum Gasteiger partial charge on any atom is 0.407 e. The van der Waals surface area contributed by atoms with Gasteiger partial charge in [-0.15, -0.1) is 0 Å². The molecule has 1 aliphatic heterocycles. The van der Waals surface area contributed by atoms with Crippen LogP contribution in [0.25, 0.3) is 10.8 Å². The van der Waals surface area contributed by atoms with Crippen LogP contribution in [0.15, 0.2) is 65.6 Å². The molecular formula is C25H25N3O6S. The standard InChI is InChI=1S/C25H25N3O6S/c1-25(2,3)34-24(31)26-14-15-27-35(32,33)21-13-7-10-16-17(21)11-6-12-20(16)28-22(29)18-8-4-5-9-19(18)23(28)30/h4-13,27H,14-15H2,1-3H3,(H,26,31). The summed E-state index contributed by atoms with van der Waals surface area (Å²) in [5, 5.41) is 3.29. The number of carbonyl (C=O) groups is 3. The first-order chi connectivity index (χ1) is 16.5. The van der Waals surface area contributed by atoms with Crippen molar-refractivity contribution in [2.75, 3.05) is 18.0 Å². The second-order valence-electron chi connectivity index (χ2n) is 8.95. The molecule has 0 saturated heterocycles. The van der Waals surface area contributed by atoms with Gasteiger partial charge in [0, 0.05) is 23.9 Å². The average Bonchev–Trinajstić information content (AvgIpc) is 3.05. The molecule has 3 amide bonds. The quantitative estimate of drug-likeness (QED) is 0.399. The average molecular weight is 496 g/mol. The SMILES string of the molecule is CC(C)(C)OC(=O)NCCNS(=O)(=O)c1cccc2c(N3C(=O)c4ccccc4C3=O)cccc12. The Kier molecular flexibility index (Phi) is 6.35. The van der Waals surface area contributed by atoms with E-state index in [0.717, 1.165) is 4.90 Å². The molecule has 2 N–H and O–H groups in total. The molecule has 0 radical (unpaired) electrons. The van der Waals surface area contributed by atoms with Crippen molar-refractivity contribution >= 4 is 44.4 Å². The molecule has 0 spiro atoms.